The van der Waals surface area contributed by atoms with E-state index in [4.69, 9.17) is 11.6 Å². The molecule has 0 aliphatic carbocycles. The van der Waals surface area contributed by atoms with E-state index in [2.05, 4.69) is 71.0 Å². The van der Waals surface area contributed by atoms with Gasteiger partial charge < -0.3 is 15.2 Å². The van der Waals surface area contributed by atoms with Gasteiger partial charge in [0.1, 0.15) is 0 Å². The van der Waals surface area contributed by atoms with Crippen LogP contribution in [0.25, 0.3) is 0 Å². The quantitative estimate of drug-likeness (QED) is 0.165. The molecule has 202 valence electrons. The van der Waals surface area contributed by atoms with Crippen LogP contribution in [0.15, 0.2) is 64.7 Å². The molecule has 2 aromatic carbocycles. The van der Waals surface area contributed by atoms with Crippen molar-refractivity contribution in [2.45, 2.75) is 57.8 Å². The third-order valence-corrected chi connectivity index (χ3v) is 7.53. The Morgan fingerprint density at radius 3 is 2.55 bits per heavy atom. The van der Waals surface area contributed by atoms with Crippen molar-refractivity contribution in [2.75, 3.05) is 11.1 Å². The summed E-state index contributed by atoms with van der Waals surface area (Å²) in [5.74, 6) is 0.884. The number of halogens is 2. The number of rotatable bonds is 12. The lowest BCUT2D eigenvalue weighted by atomic mass is 10.0. The van der Waals surface area contributed by atoms with E-state index < -0.39 is 6.04 Å². The topological polar surface area (TPSA) is 88.9 Å². The summed E-state index contributed by atoms with van der Waals surface area (Å²) in [5.41, 5.74) is 2.25. The van der Waals surface area contributed by atoms with E-state index in [1.54, 1.807) is 30.3 Å². The summed E-state index contributed by atoms with van der Waals surface area (Å²) in [6.07, 6.45) is 2.40. The molecule has 0 bridgehead atoms. The Bertz CT molecular complexity index is 1290. The van der Waals surface area contributed by atoms with Gasteiger partial charge in [0.05, 0.1) is 22.4 Å². The first kappa shape index (κ1) is 29.9. The van der Waals surface area contributed by atoms with Gasteiger partial charge in [-0.25, -0.2) is 0 Å². The van der Waals surface area contributed by atoms with E-state index >= 15 is 0 Å². The summed E-state index contributed by atoms with van der Waals surface area (Å²) >= 11 is 11.0. The molecule has 0 aliphatic heterocycles. The summed E-state index contributed by atoms with van der Waals surface area (Å²) in [6.45, 7) is 12.6. The van der Waals surface area contributed by atoms with Gasteiger partial charge in [-0.15, -0.1) is 16.8 Å². The summed E-state index contributed by atoms with van der Waals surface area (Å²) in [6, 6.07) is 12.4. The highest BCUT2D eigenvalue weighted by molar-refractivity contribution is 9.10. The van der Waals surface area contributed by atoms with E-state index in [-0.39, 0.29) is 29.4 Å². The first-order chi connectivity index (χ1) is 18.1. The largest absolute Gasteiger partial charge is 0.342 e. The number of thioether (sulfide) groups is 1. The number of anilines is 1. The molecule has 1 aromatic heterocycles. The number of aromatic nitrogens is 3. The maximum absolute atomic E-state index is 13.1. The third kappa shape index (κ3) is 7.94. The summed E-state index contributed by atoms with van der Waals surface area (Å²) in [4.78, 5) is 25.9. The molecule has 3 rings (SSSR count). The van der Waals surface area contributed by atoms with Crippen LogP contribution in [0.3, 0.4) is 0 Å². The molecule has 0 radical (unpaired) electrons. The molecule has 10 heteroatoms. The lowest BCUT2D eigenvalue weighted by molar-refractivity contribution is -0.113. The SMILES string of the molecule is C=CCn1c(SCC(=O)Nc2ccc(Br)cc2C(C)C)nnc1[C@@H](CC(C)C)NC(=O)c1ccccc1Cl. The minimum absolute atomic E-state index is 0.139. The minimum Gasteiger partial charge on any atom is -0.342 e. The molecule has 0 spiro atoms. The predicted molar refractivity (Wildman–Crippen MR) is 159 cm³/mol. The molecule has 0 fully saturated rings. The van der Waals surface area contributed by atoms with Crippen molar-refractivity contribution >= 4 is 56.8 Å². The summed E-state index contributed by atoms with van der Waals surface area (Å²) < 4.78 is 2.86. The Kier molecular flexibility index (Phi) is 11.0. The lowest BCUT2D eigenvalue weighted by Gasteiger charge is -2.21. The zero-order valence-corrected chi connectivity index (χ0v) is 25.2. The number of nitrogens with zero attached hydrogens (tertiary/aromatic N) is 3. The van der Waals surface area contributed by atoms with Crippen molar-refractivity contribution in [3.05, 3.63) is 81.6 Å². The first-order valence-corrected chi connectivity index (χ1v) is 14.6. The molecule has 7 nitrogen and oxygen atoms in total. The van der Waals surface area contributed by atoms with E-state index in [1.807, 2.05) is 22.8 Å². The van der Waals surface area contributed by atoms with Gasteiger partial charge in [0.2, 0.25) is 5.91 Å². The number of amides is 2. The monoisotopic (exact) mass is 617 g/mol. The Hall–Kier alpha value is -2.62. The van der Waals surface area contributed by atoms with E-state index in [9.17, 15) is 9.59 Å². The second-order valence-corrected chi connectivity index (χ2v) is 11.9. The Balaban J connectivity index is 1.79. The molecule has 0 saturated carbocycles. The zero-order chi connectivity index (χ0) is 27.8. The van der Waals surface area contributed by atoms with Gasteiger partial charge in [0.25, 0.3) is 5.91 Å². The normalized spacial score (nSPS) is 12.0. The van der Waals surface area contributed by atoms with Gasteiger partial charge in [0, 0.05) is 16.7 Å². The summed E-state index contributed by atoms with van der Waals surface area (Å²) in [7, 11) is 0. The van der Waals surface area contributed by atoms with Crippen LogP contribution in [0, 0.1) is 5.92 Å². The fraction of sp³-hybridized carbons (Fsp3) is 0.357. The van der Waals surface area contributed by atoms with Crippen LogP contribution in [0.4, 0.5) is 5.69 Å². The highest BCUT2D eigenvalue weighted by atomic mass is 79.9. The maximum atomic E-state index is 13.1. The fourth-order valence-corrected chi connectivity index (χ4v) is 5.34. The average Bonchev–Trinajstić information content (AvgIpc) is 3.26. The number of benzene rings is 2. The molecule has 2 N–H and O–H groups in total. The second-order valence-electron chi connectivity index (χ2n) is 9.60. The zero-order valence-electron chi connectivity index (χ0n) is 22.0. The highest BCUT2D eigenvalue weighted by Crippen LogP contribution is 2.29. The molecule has 1 atom stereocenters. The van der Waals surface area contributed by atoms with Crippen LogP contribution in [-0.4, -0.2) is 32.3 Å². The number of hydrogen-bond acceptors (Lipinski definition) is 5. The van der Waals surface area contributed by atoms with Crippen LogP contribution in [0.2, 0.25) is 5.02 Å². The molecular weight excluding hydrogens is 586 g/mol. The smallest absolute Gasteiger partial charge is 0.253 e. The fourth-order valence-electron chi connectivity index (χ4n) is 3.99. The highest BCUT2D eigenvalue weighted by Gasteiger charge is 2.25. The molecular formula is C28H33BrClN5O2S. The van der Waals surface area contributed by atoms with Crippen LogP contribution in [0.1, 0.15) is 67.8 Å². The van der Waals surface area contributed by atoms with E-state index in [0.717, 1.165) is 15.7 Å². The number of allylic oxidation sites excluding steroid dienone is 1. The molecule has 0 saturated heterocycles. The van der Waals surface area contributed by atoms with Gasteiger partial charge in [-0.1, -0.05) is 85.2 Å². The van der Waals surface area contributed by atoms with Gasteiger partial charge in [-0.3, -0.25) is 9.59 Å². The first-order valence-electron chi connectivity index (χ1n) is 12.4. The van der Waals surface area contributed by atoms with Crippen LogP contribution < -0.4 is 10.6 Å². The van der Waals surface area contributed by atoms with Crippen LogP contribution in [0.5, 0.6) is 0 Å². The van der Waals surface area contributed by atoms with Crippen molar-refractivity contribution in [1.82, 2.24) is 20.1 Å². The standard InChI is InChI=1S/C28H33BrClN5O2S/c1-6-13-35-26(24(14-17(2)3)32-27(37)20-9-7-8-10-22(20)30)33-34-28(35)38-16-25(36)31-23-12-11-19(29)15-21(23)18(4)5/h6-12,15,17-18,24H,1,13-14,16H2,2-5H3,(H,31,36)(H,32,37)/t24-/m1/s1. The van der Waals surface area contributed by atoms with Gasteiger partial charge in [-0.05, 0) is 54.2 Å². The predicted octanol–water partition coefficient (Wildman–Crippen LogP) is 7.25. The van der Waals surface area contributed by atoms with Gasteiger partial charge in [-0.2, -0.15) is 0 Å². The number of carbonyl (C=O) groups is 2. The number of carbonyl (C=O) groups excluding carboxylic acids is 2. The molecule has 0 aliphatic rings. The lowest BCUT2D eigenvalue weighted by Crippen LogP contribution is -2.32. The maximum Gasteiger partial charge on any atom is 0.253 e. The second kappa shape index (κ2) is 14.0. The van der Waals surface area contributed by atoms with E-state index in [1.165, 1.54) is 11.8 Å². The van der Waals surface area contributed by atoms with Gasteiger partial charge >= 0.3 is 0 Å². The average molecular weight is 619 g/mol. The van der Waals surface area contributed by atoms with Crippen molar-refractivity contribution in [3.8, 4) is 0 Å². The number of nitrogens with one attached hydrogen (secondary N) is 2. The molecule has 1 heterocycles. The Labute approximate surface area is 242 Å². The van der Waals surface area contributed by atoms with Gasteiger partial charge in [0.15, 0.2) is 11.0 Å². The molecule has 2 amide bonds. The van der Waals surface area contributed by atoms with Crippen molar-refractivity contribution in [1.29, 1.82) is 0 Å². The van der Waals surface area contributed by atoms with E-state index in [0.29, 0.717) is 34.5 Å². The minimum atomic E-state index is -0.397. The molecule has 0 unspecified atom stereocenters. The molecule has 38 heavy (non-hydrogen) atoms. The Morgan fingerprint density at radius 1 is 1.16 bits per heavy atom. The van der Waals surface area contributed by atoms with Crippen molar-refractivity contribution in [3.63, 3.8) is 0 Å². The Morgan fingerprint density at radius 2 is 1.89 bits per heavy atom. The molecule has 3 aromatic rings. The summed E-state index contributed by atoms with van der Waals surface area (Å²) in [5, 5.41) is 15.8. The van der Waals surface area contributed by atoms with Crippen molar-refractivity contribution < 1.29 is 9.59 Å². The third-order valence-electron chi connectivity index (χ3n) is 5.74. The van der Waals surface area contributed by atoms with Crippen molar-refractivity contribution in [2.24, 2.45) is 5.92 Å². The number of hydrogen-bond donors (Lipinski definition) is 2. The van der Waals surface area contributed by atoms with Crippen LogP contribution in [-0.2, 0) is 11.3 Å². The van der Waals surface area contributed by atoms with Crippen LogP contribution >= 0.6 is 39.3 Å².